The zero-order valence-corrected chi connectivity index (χ0v) is 19.0. The summed E-state index contributed by atoms with van der Waals surface area (Å²) in [6, 6.07) is 29.3. The average Bonchev–Trinajstić information content (AvgIpc) is 2.81. The largest absolute Gasteiger partial charge is 0.372 e. The molecule has 2 nitrogen and oxygen atoms in total. The smallest absolute Gasteiger partial charge is 0.0366 e. The van der Waals surface area contributed by atoms with Crippen molar-refractivity contribution < 1.29 is 0 Å². The molecule has 0 amide bonds. The molecule has 0 heterocycles. The lowest BCUT2D eigenvalue weighted by molar-refractivity contribution is 0.801. The van der Waals surface area contributed by atoms with Crippen molar-refractivity contribution in [2.45, 2.75) is 40.0 Å². The maximum Gasteiger partial charge on any atom is 0.0366 e. The van der Waals surface area contributed by atoms with Crippen molar-refractivity contribution in [2.75, 3.05) is 36.0 Å². The van der Waals surface area contributed by atoms with Gasteiger partial charge in [0.15, 0.2) is 0 Å². The average molecular weight is 401 g/mol. The molecule has 3 aromatic rings. The molecule has 0 aromatic heterocycles. The van der Waals surface area contributed by atoms with Crippen LogP contribution < -0.4 is 9.80 Å². The standard InChI is InChI=1S/C28H36N2/c1-5-29(6-2)26-18-14-24(15-19-26)28(22-23-12-10-9-11-13-23)25-16-20-27(21-17-25)30(7-3)8-4/h9-21,28H,5-8,22H2,1-4H3. The minimum Gasteiger partial charge on any atom is -0.372 e. The van der Waals surface area contributed by atoms with Crippen molar-refractivity contribution in [3.63, 3.8) is 0 Å². The Morgan fingerprint density at radius 3 is 1.30 bits per heavy atom. The Kier molecular flexibility index (Phi) is 7.96. The number of benzene rings is 3. The van der Waals surface area contributed by atoms with Crippen molar-refractivity contribution in [1.82, 2.24) is 0 Å². The highest BCUT2D eigenvalue weighted by Gasteiger charge is 2.16. The molecule has 0 atom stereocenters. The second-order valence-corrected chi connectivity index (χ2v) is 7.77. The molecule has 0 aliphatic heterocycles. The lowest BCUT2D eigenvalue weighted by Crippen LogP contribution is -2.22. The van der Waals surface area contributed by atoms with Gasteiger partial charge in [-0.05, 0) is 75.1 Å². The third kappa shape index (κ3) is 5.24. The molecule has 30 heavy (non-hydrogen) atoms. The van der Waals surface area contributed by atoms with Gasteiger partial charge < -0.3 is 9.80 Å². The first-order valence-corrected chi connectivity index (χ1v) is 11.4. The Balaban J connectivity index is 1.93. The summed E-state index contributed by atoms with van der Waals surface area (Å²) < 4.78 is 0. The van der Waals surface area contributed by atoms with Crippen LogP contribution in [0.5, 0.6) is 0 Å². The molecule has 0 N–H and O–H groups in total. The van der Waals surface area contributed by atoms with Crippen LogP contribution in [0.1, 0.15) is 50.3 Å². The molecule has 0 spiro atoms. The summed E-state index contributed by atoms with van der Waals surface area (Å²) in [5, 5.41) is 0. The van der Waals surface area contributed by atoms with E-state index in [-0.39, 0.29) is 0 Å². The third-order valence-corrected chi connectivity index (χ3v) is 6.13. The van der Waals surface area contributed by atoms with Crippen molar-refractivity contribution in [3.8, 4) is 0 Å². The fraction of sp³-hybridized carbons (Fsp3) is 0.357. The van der Waals surface area contributed by atoms with Crippen LogP contribution >= 0.6 is 0 Å². The number of hydrogen-bond acceptors (Lipinski definition) is 2. The van der Waals surface area contributed by atoms with Gasteiger partial charge in [-0.25, -0.2) is 0 Å². The molecule has 0 aliphatic carbocycles. The lowest BCUT2D eigenvalue weighted by atomic mass is 9.85. The fourth-order valence-electron chi connectivity index (χ4n) is 4.29. The van der Waals surface area contributed by atoms with E-state index >= 15 is 0 Å². The van der Waals surface area contributed by atoms with E-state index in [4.69, 9.17) is 0 Å². The van der Waals surface area contributed by atoms with Gasteiger partial charge in [-0.3, -0.25) is 0 Å². The van der Waals surface area contributed by atoms with Crippen LogP contribution in [0.3, 0.4) is 0 Å². The minimum absolute atomic E-state index is 0.351. The summed E-state index contributed by atoms with van der Waals surface area (Å²) in [6.45, 7) is 13.0. The number of rotatable bonds is 10. The lowest BCUT2D eigenvalue weighted by Gasteiger charge is -2.24. The van der Waals surface area contributed by atoms with E-state index in [0.29, 0.717) is 5.92 Å². The molecular weight excluding hydrogens is 364 g/mol. The quantitative estimate of drug-likeness (QED) is 0.371. The van der Waals surface area contributed by atoms with Crippen LogP contribution in [0, 0.1) is 0 Å². The Bertz CT molecular complexity index is 805. The first-order chi connectivity index (χ1) is 14.7. The van der Waals surface area contributed by atoms with Crippen LogP contribution in [0.2, 0.25) is 0 Å². The van der Waals surface area contributed by atoms with E-state index in [1.807, 2.05) is 0 Å². The van der Waals surface area contributed by atoms with E-state index < -0.39 is 0 Å². The van der Waals surface area contributed by atoms with Crippen LogP contribution in [0.15, 0.2) is 78.9 Å². The molecule has 0 bridgehead atoms. The molecule has 0 aliphatic rings. The van der Waals surface area contributed by atoms with Gasteiger partial charge in [0.2, 0.25) is 0 Å². The van der Waals surface area contributed by atoms with Gasteiger partial charge in [-0.1, -0.05) is 54.6 Å². The third-order valence-electron chi connectivity index (χ3n) is 6.13. The highest BCUT2D eigenvalue weighted by molar-refractivity contribution is 5.52. The zero-order valence-electron chi connectivity index (χ0n) is 19.0. The Hall–Kier alpha value is -2.74. The summed E-state index contributed by atoms with van der Waals surface area (Å²) in [4.78, 5) is 4.80. The molecule has 2 heteroatoms. The van der Waals surface area contributed by atoms with Crippen molar-refractivity contribution in [3.05, 3.63) is 95.6 Å². The molecular formula is C28H36N2. The van der Waals surface area contributed by atoms with Gasteiger partial charge in [-0.2, -0.15) is 0 Å². The van der Waals surface area contributed by atoms with Crippen molar-refractivity contribution in [2.24, 2.45) is 0 Å². The molecule has 0 fully saturated rings. The van der Waals surface area contributed by atoms with E-state index in [0.717, 1.165) is 32.6 Å². The highest BCUT2D eigenvalue weighted by Crippen LogP contribution is 2.31. The monoisotopic (exact) mass is 400 g/mol. The topological polar surface area (TPSA) is 6.48 Å². The predicted octanol–water partition coefficient (Wildman–Crippen LogP) is 6.75. The number of nitrogens with zero attached hydrogens (tertiary/aromatic N) is 2. The first-order valence-electron chi connectivity index (χ1n) is 11.4. The van der Waals surface area contributed by atoms with Gasteiger partial charge in [0.1, 0.15) is 0 Å². The normalized spacial score (nSPS) is 11.0. The van der Waals surface area contributed by atoms with E-state index in [9.17, 15) is 0 Å². The zero-order chi connectivity index (χ0) is 21.3. The summed E-state index contributed by atoms with van der Waals surface area (Å²) in [5.41, 5.74) is 6.75. The molecule has 0 radical (unpaired) electrons. The molecule has 3 aromatic carbocycles. The summed E-state index contributed by atoms with van der Waals surface area (Å²) >= 11 is 0. The van der Waals surface area contributed by atoms with Gasteiger partial charge in [0.25, 0.3) is 0 Å². The van der Waals surface area contributed by atoms with Crippen LogP contribution in [0.4, 0.5) is 11.4 Å². The Morgan fingerprint density at radius 2 is 0.933 bits per heavy atom. The van der Waals surface area contributed by atoms with Crippen LogP contribution in [-0.4, -0.2) is 26.2 Å². The minimum atomic E-state index is 0.351. The summed E-state index contributed by atoms with van der Waals surface area (Å²) in [6.07, 6.45) is 1.01. The number of anilines is 2. The van der Waals surface area contributed by atoms with Crippen molar-refractivity contribution in [1.29, 1.82) is 0 Å². The van der Waals surface area contributed by atoms with Crippen LogP contribution in [-0.2, 0) is 6.42 Å². The highest BCUT2D eigenvalue weighted by atomic mass is 15.1. The fourth-order valence-corrected chi connectivity index (χ4v) is 4.29. The van der Waals surface area contributed by atoms with Crippen LogP contribution in [0.25, 0.3) is 0 Å². The molecule has 0 saturated carbocycles. The van der Waals surface area contributed by atoms with E-state index in [2.05, 4.69) is 116 Å². The second-order valence-electron chi connectivity index (χ2n) is 7.77. The van der Waals surface area contributed by atoms with Gasteiger partial charge >= 0.3 is 0 Å². The maximum absolute atomic E-state index is 2.40. The Labute approximate surface area is 183 Å². The van der Waals surface area contributed by atoms with Crippen molar-refractivity contribution >= 4 is 11.4 Å². The molecule has 158 valence electrons. The predicted molar refractivity (Wildman–Crippen MR) is 132 cm³/mol. The second kappa shape index (κ2) is 10.9. The van der Waals surface area contributed by atoms with E-state index in [1.54, 1.807) is 0 Å². The van der Waals surface area contributed by atoms with Gasteiger partial charge in [-0.15, -0.1) is 0 Å². The first kappa shape index (κ1) is 22.0. The molecule has 0 saturated heterocycles. The van der Waals surface area contributed by atoms with Gasteiger partial charge in [0, 0.05) is 43.5 Å². The van der Waals surface area contributed by atoms with E-state index in [1.165, 1.54) is 28.1 Å². The van der Waals surface area contributed by atoms with Gasteiger partial charge in [0.05, 0.1) is 0 Å². The maximum atomic E-state index is 2.40. The summed E-state index contributed by atoms with van der Waals surface area (Å²) in [7, 11) is 0. The summed E-state index contributed by atoms with van der Waals surface area (Å²) in [5.74, 6) is 0.351. The number of hydrogen-bond donors (Lipinski definition) is 0. The molecule has 3 rings (SSSR count). The Morgan fingerprint density at radius 1 is 0.533 bits per heavy atom. The SMILES string of the molecule is CCN(CC)c1ccc(C(Cc2ccccc2)c2ccc(N(CC)CC)cc2)cc1. The molecule has 0 unspecified atom stereocenters.